The topological polar surface area (TPSA) is 122 Å². The molecular formula is C14H20N2O6S. The quantitative estimate of drug-likeness (QED) is 0.594. The van der Waals surface area contributed by atoms with Crippen molar-refractivity contribution in [1.82, 2.24) is 10.0 Å². The van der Waals surface area contributed by atoms with Crippen molar-refractivity contribution >= 4 is 21.9 Å². The molecule has 0 unspecified atom stereocenters. The summed E-state index contributed by atoms with van der Waals surface area (Å²) in [5.41, 5.74) is 0. The summed E-state index contributed by atoms with van der Waals surface area (Å²) in [6.45, 7) is 3.49. The lowest BCUT2D eigenvalue weighted by Crippen LogP contribution is -2.39. The fraction of sp³-hybridized carbons (Fsp3) is 0.429. The molecule has 1 amide bonds. The summed E-state index contributed by atoms with van der Waals surface area (Å²) in [6, 6.07) is 4.86. The van der Waals surface area contributed by atoms with Gasteiger partial charge in [0.1, 0.15) is 11.8 Å². The predicted molar refractivity (Wildman–Crippen MR) is 82.7 cm³/mol. The third-order valence-electron chi connectivity index (χ3n) is 2.84. The minimum atomic E-state index is -3.73. The Labute approximate surface area is 134 Å². The van der Waals surface area contributed by atoms with Crippen molar-refractivity contribution in [1.29, 1.82) is 0 Å². The Morgan fingerprint density at radius 2 is 1.87 bits per heavy atom. The number of aliphatic carboxylic acids is 1. The van der Waals surface area contributed by atoms with Gasteiger partial charge in [-0.3, -0.25) is 9.59 Å². The Bertz CT molecular complexity index is 642. The van der Waals surface area contributed by atoms with Gasteiger partial charge in [0.25, 0.3) is 0 Å². The molecule has 0 radical (unpaired) electrons. The SMILES string of the molecule is CCOc1ccc(S(=O)(=O)NCCC(=O)N[C@@H](C)C(=O)O)cc1. The van der Waals surface area contributed by atoms with Crippen molar-refractivity contribution in [3.8, 4) is 5.75 Å². The van der Waals surface area contributed by atoms with E-state index in [0.717, 1.165) is 0 Å². The summed E-state index contributed by atoms with van der Waals surface area (Å²) in [5, 5.41) is 10.9. The summed E-state index contributed by atoms with van der Waals surface area (Å²) in [4.78, 5) is 22.1. The molecule has 3 N–H and O–H groups in total. The van der Waals surface area contributed by atoms with Crippen LogP contribution < -0.4 is 14.8 Å². The molecule has 0 aliphatic rings. The Hall–Kier alpha value is -2.13. The first-order valence-electron chi connectivity index (χ1n) is 7.01. The maximum Gasteiger partial charge on any atom is 0.325 e. The van der Waals surface area contributed by atoms with E-state index in [1.165, 1.54) is 19.1 Å². The molecule has 23 heavy (non-hydrogen) atoms. The van der Waals surface area contributed by atoms with Gasteiger partial charge in [0, 0.05) is 13.0 Å². The van der Waals surface area contributed by atoms with Crippen molar-refractivity contribution in [2.24, 2.45) is 0 Å². The average Bonchev–Trinajstić information content (AvgIpc) is 2.47. The van der Waals surface area contributed by atoms with E-state index in [1.807, 2.05) is 6.92 Å². The van der Waals surface area contributed by atoms with E-state index < -0.39 is 27.9 Å². The van der Waals surface area contributed by atoms with Crippen LogP contribution in [0.15, 0.2) is 29.2 Å². The molecule has 8 nitrogen and oxygen atoms in total. The summed E-state index contributed by atoms with van der Waals surface area (Å²) in [5.74, 6) is -1.14. The molecular weight excluding hydrogens is 324 g/mol. The summed E-state index contributed by atoms with van der Waals surface area (Å²) in [6.07, 6.45) is -0.159. The van der Waals surface area contributed by atoms with Crippen LogP contribution in [0.3, 0.4) is 0 Å². The molecule has 0 aromatic heterocycles. The van der Waals surface area contributed by atoms with Crippen molar-refractivity contribution in [3.63, 3.8) is 0 Å². The Kier molecular flexibility index (Phi) is 6.98. The molecule has 0 fully saturated rings. The third kappa shape index (κ3) is 6.25. The number of rotatable bonds is 9. The normalized spacial score (nSPS) is 12.4. The van der Waals surface area contributed by atoms with Gasteiger partial charge in [-0.1, -0.05) is 0 Å². The average molecular weight is 344 g/mol. The second-order valence-electron chi connectivity index (χ2n) is 4.68. The van der Waals surface area contributed by atoms with Gasteiger partial charge in [0.15, 0.2) is 0 Å². The van der Waals surface area contributed by atoms with Crippen molar-refractivity contribution in [3.05, 3.63) is 24.3 Å². The van der Waals surface area contributed by atoms with Crippen LogP contribution in [0, 0.1) is 0 Å². The monoisotopic (exact) mass is 344 g/mol. The first kappa shape index (κ1) is 18.9. The van der Waals surface area contributed by atoms with E-state index >= 15 is 0 Å². The van der Waals surface area contributed by atoms with Gasteiger partial charge in [-0.25, -0.2) is 13.1 Å². The minimum absolute atomic E-state index is 0.0558. The smallest absolute Gasteiger partial charge is 0.325 e. The van der Waals surface area contributed by atoms with Crippen LogP contribution >= 0.6 is 0 Å². The van der Waals surface area contributed by atoms with Gasteiger partial charge in [-0.05, 0) is 38.1 Å². The molecule has 0 aliphatic heterocycles. The zero-order chi connectivity index (χ0) is 17.5. The molecule has 0 heterocycles. The Morgan fingerprint density at radius 1 is 1.26 bits per heavy atom. The first-order chi connectivity index (χ1) is 10.8. The number of amides is 1. The van der Waals surface area contributed by atoms with Crippen LogP contribution in [0.25, 0.3) is 0 Å². The number of nitrogens with one attached hydrogen (secondary N) is 2. The number of carboxylic acids is 1. The molecule has 0 bridgehead atoms. The lowest BCUT2D eigenvalue weighted by molar-refractivity contribution is -0.141. The molecule has 1 atom stereocenters. The highest BCUT2D eigenvalue weighted by atomic mass is 32.2. The second kappa shape index (κ2) is 8.49. The number of sulfonamides is 1. The zero-order valence-electron chi connectivity index (χ0n) is 12.9. The number of carbonyl (C=O) groups excluding carboxylic acids is 1. The fourth-order valence-corrected chi connectivity index (χ4v) is 2.67. The van der Waals surface area contributed by atoms with Crippen LogP contribution in [0.1, 0.15) is 20.3 Å². The highest BCUT2D eigenvalue weighted by Crippen LogP contribution is 2.15. The number of benzene rings is 1. The number of carboxylic acid groups (broad SMARTS) is 1. The van der Waals surface area contributed by atoms with E-state index in [4.69, 9.17) is 9.84 Å². The number of hydrogen-bond donors (Lipinski definition) is 3. The lowest BCUT2D eigenvalue weighted by Gasteiger charge is -2.10. The largest absolute Gasteiger partial charge is 0.494 e. The van der Waals surface area contributed by atoms with Gasteiger partial charge in [0.05, 0.1) is 11.5 Å². The molecule has 1 rings (SSSR count). The van der Waals surface area contributed by atoms with E-state index in [1.54, 1.807) is 12.1 Å². The van der Waals surface area contributed by atoms with Crippen molar-refractivity contribution < 1.29 is 27.9 Å². The Morgan fingerprint density at radius 3 is 2.39 bits per heavy atom. The lowest BCUT2D eigenvalue weighted by atomic mass is 10.3. The van der Waals surface area contributed by atoms with E-state index in [0.29, 0.717) is 12.4 Å². The minimum Gasteiger partial charge on any atom is -0.494 e. The molecule has 9 heteroatoms. The Balaban J connectivity index is 2.52. The van der Waals surface area contributed by atoms with E-state index in [9.17, 15) is 18.0 Å². The standard InChI is InChI=1S/C14H20N2O6S/c1-3-22-11-4-6-12(7-5-11)23(20,21)15-9-8-13(17)16-10(2)14(18)19/h4-7,10,15H,3,8-9H2,1-2H3,(H,16,17)(H,18,19)/t10-/m0/s1. The second-order valence-corrected chi connectivity index (χ2v) is 6.45. The number of ether oxygens (including phenoxy) is 1. The van der Waals surface area contributed by atoms with Crippen LogP contribution in [-0.2, 0) is 19.6 Å². The molecule has 128 valence electrons. The van der Waals surface area contributed by atoms with Crippen LogP contribution in [0.5, 0.6) is 5.75 Å². The van der Waals surface area contributed by atoms with E-state index in [2.05, 4.69) is 10.0 Å². The molecule has 0 saturated carbocycles. The maximum absolute atomic E-state index is 12.0. The zero-order valence-corrected chi connectivity index (χ0v) is 13.7. The summed E-state index contributed by atoms with van der Waals surface area (Å²) < 4.78 is 31.6. The van der Waals surface area contributed by atoms with Crippen LogP contribution in [0.2, 0.25) is 0 Å². The molecule has 1 aromatic rings. The highest BCUT2D eigenvalue weighted by molar-refractivity contribution is 7.89. The van der Waals surface area contributed by atoms with Gasteiger partial charge < -0.3 is 15.2 Å². The third-order valence-corrected chi connectivity index (χ3v) is 4.31. The van der Waals surface area contributed by atoms with Crippen molar-refractivity contribution in [2.75, 3.05) is 13.2 Å². The summed E-state index contributed by atoms with van der Waals surface area (Å²) in [7, 11) is -3.73. The van der Waals surface area contributed by atoms with E-state index in [-0.39, 0.29) is 17.9 Å². The molecule has 1 aromatic carbocycles. The van der Waals surface area contributed by atoms with Gasteiger partial charge in [-0.2, -0.15) is 0 Å². The highest BCUT2D eigenvalue weighted by Gasteiger charge is 2.16. The molecule has 0 aliphatic carbocycles. The first-order valence-corrected chi connectivity index (χ1v) is 8.49. The maximum atomic E-state index is 12.0. The van der Waals surface area contributed by atoms with Crippen LogP contribution in [0.4, 0.5) is 0 Å². The van der Waals surface area contributed by atoms with Crippen LogP contribution in [-0.4, -0.2) is 44.6 Å². The fourth-order valence-electron chi connectivity index (χ4n) is 1.64. The summed E-state index contributed by atoms with van der Waals surface area (Å²) >= 11 is 0. The predicted octanol–water partition coefficient (Wildman–Crippen LogP) is 0.343. The van der Waals surface area contributed by atoms with Gasteiger partial charge in [-0.15, -0.1) is 0 Å². The molecule has 0 spiro atoms. The number of carbonyl (C=O) groups is 2. The van der Waals surface area contributed by atoms with Crippen molar-refractivity contribution in [2.45, 2.75) is 31.2 Å². The number of hydrogen-bond acceptors (Lipinski definition) is 5. The van der Waals surface area contributed by atoms with Gasteiger partial charge in [0.2, 0.25) is 15.9 Å². The molecule has 0 saturated heterocycles. The van der Waals surface area contributed by atoms with Gasteiger partial charge >= 0.3 is 5.97 Å².